The zero-order valence-electron chi connectivity index (χ0n) is 17.8. The van der Waals surface area contributed by atoms with Gasteiger partial charge in [0, 0.05) is 35.1 Å². The van der Waals surface area contributed by atoms with Crippen LogP contribution in [0.4, 0.5) is 10.5 Å². The molecule has 0 saturated heterocycles. The van der Waals surface area contributed by atoms with E-state index in [2.05, 4.69) is 26.2 Å². The Morgan fingerprint density at radius 2 is 2.07 bits per heavy atom. The van der Waals surface area contributed by atoms with Crippen molar-refractivity contribution in [2.75, 3.05) is 19.7 Å². The van der Waals surface area contributed by atoms with Crippen LogP contribution in [-0.4, -0.2) is 48.2 Å². The number of alkyl carbamates (subject to hydrolysis) is 1. The van der Waals surface area contributed by atoms with Crippen LogP contribution in [0.25, 0.3) is 6.08 Å². The Labute approximate surface area is 185 Å². The van der Waals surface area contributed by atoms with E-state index in [0.717, 1.165) is 10.0 Å². The first-order chi connectivity index (χ1) is 14.1. The van der Waals surface area contributed by atoms with Crippen molar-refractivity contribution in [3.8, 4) is 0 Å². The van der Waals surface area contributed by atoms with Crippen LogP contribution >= 0.6 is 15.9 Å². The second-order valence-corrected chi connectivity index (χ2v) is 8.74. The van der Waals surface area contributed by atoms with Gasteiger partial charge >= 0.3 is 6.09 Å². The average Bonchev–Trinajstić information content (AvgIpc) is 2.79. The third-order valence-corrected chi connectivity index (χ3v) is 4.40. The smallest absolute Gasteiger partial charge is 0.407 e. The van der Waals surface area contributed by atoms with Gasteiger partial charge in [-0.05, 0) is 45.4 Å². The van der Waals surface area contributed by atoms with Gasteiger partial charge in [-0.15, -0.1) is 0 Å². The van der Waals surface area contributed by atoms with Crippen LogP contribution in [-0.2, 0) is 14.4 Å². The van der Waals surface area contributed by atoms with Crippen LogP contribution < -0.4 is 11.1 Å². The number of nitrogens with zero attached hydrogens (tertiary/aromatic N) is 2. The molecule has 1 heterocycles. The van der Waals surface area contributed by atoms with Crippen LogP contribution in [0.15, 0.2) is 33.2 Å². The summed E-state index contributed by atoms with van der Waals surface area (Å²) in [6.45, 7) is 8.07. The molecule has 1 aromatic rings. The number of rotatable bonds is 7. The highest BCUT2D eigenvalue weighted by Gasteiger charge is 2.22. The number of hydroxylamine groups is 2. The number of hydrogen-bond donors (Lipinski definition) is 2. The van der Waals surface area contributed by atoms with E-state index in [-0.39, 0.29) is 25.5 Å². The van der Waals surface area contributed by atoms with Gasteiger partial charge in [0.25, 0.3) is 5.91 Å². The Balaban J connectivity index is 2.03. The normalized spacial score (nSPS) is 13.5. The molecular formula is C21H29BrN4O4. The maximum atomic E-state index is 13.1. The molecule has 0 spiro atoms. The quantitative estimate of drug-likeness (QED) is 0.454. The maximum absolute atomic E-state index is 13.1. The highest BCUT2D eigenvalue weighted by Crippen LogP contribution is 2.30. The number of amides is 2. The lowest BCUT2D eigenvalue weighted by atomic mass is 10.1. The summed E-state index contributed by atoms with van der Waals surface area (Å²) in [6, 6.07) is 5.62. The summed E-state index contributed by atoms with van der Waals surface area (Å²) >= 11 is 3.42. The third-order valence-electron chi connectivity index (χ3n) is 3.90. The van der Waals surface area contributed by atoms with E-state index in [4.69, 9.17) is 15.3 Å². The highest BCUT2D eigenvalue weighted by atomic mass is 79.9. The monoisotopic (exact) mass is 480 g/mol. The molecule has 164 valence electrons. The first-order valence-corrected chi connectivity index (χ1v) is 10.6. The second kappa shape index (κ2) is 10.6. The largest absolute Gasteiger partial charge is 0.444 e. The van der Waals surface area contributed by atoms with Crippen LogP contribution in [0.1, 0.15) is 46.1 Å². The minimum atomic E-state index is -0.575. The number of ether oxygens (including phenoxy) is 1. The number of benzene rings is 1. The van der Waals surface area contributed by atoms with E-state index in [1.807, 2.05) is 25.1 Å². The van der Waals surface area contributed by atoms with Crippen LogP contribution in [0.5, 0.6) is 0 Å². The van der Waals surface area contributed by atoms with Gasteiger partial charge in [-0.25, -0.2) is 14.9 Å². The van der Waals surface area contributed by atoms with Gasteiger partial charge in [-0.1, -0.05) is 28.9 Å². The fourth-order valence-corrected chi connectivity index (χ4v) is 3.06. The Morgan fingerprint density at radius 1 is 1.33 bits per heavy atom. The van der Waals surface area contributed by atoms with Crippen molar-refractivity contribution in [3.05, 3.63) is 33.8 Å². The van der Waals surface area contributed by atoms with Gasteiger partial charge in [0.15, 0.2) is 0 Å². The Kier molecular flexibility index (Phi) is 8.43. The number of hydrogen-bond acceptors (Lipinski definition) is 6. The Bertz CT molecular complexity index is 846. The number of nitrogens with two attached hydrogens (primary N) is 1. The molecule has 0 bridgehead atoms. The van der Waals surface area contributed by atoms with Crippen LogP contribution in [0.2, 0.25) is 0 Å². The predicted molar refractivity (Wildman–Crippen MR) is 120 cm³/mol. The summed E-state index contributed by atoms with van der Waals surface area (Å²) in [4.78, 5) is 34.8. The third kappa shape index (κ3) is 7.46. The molecule has 8 nitrogen and oxygen atoms in total. The van der Waals surface area contributed by atoms with E-state index in [9.17, 15) is 9.59 Å². The van der Waals surface area contributed by atoms with E-state index in [0.29, 0.717) is 30.1 Å². The van der Waals surface area contributed by atoms with Crippen molar-refractivity contribution in [1.29, 1.82) is 0 Å². The van der Waals surface area contributed by atoms with E-state index in [1.54, 1.807) is 26.8 Å². The number of aliphatic imine (C=N–C) groups is 1. The minimum absolute atomic E-state index is 0.130. The maximum Gasteiger partial charge on any atom is 0.407 e. The standard InChI is InChI=1S/C21H29BrN4O4/c1-5-9-26(29-10-8-24-20(28)30-21(2,3)4)19(27)15-11-14-6-7-16(22)13-17(14)25-18(23)12-15/h6-7,11,13H,5,8-10,12H2,1-4H3,(H2,23,25)(H,24,28). The van der Waals surface area contributed by atoms with E-state index >= 15 is 0 Å². The lowest BCUT2D eigenvalue weighted by molar-refractivity contribution is -0.181. The zero-order chi connectivity index (χ0) is 22.3. The molecule has 3 N–H and O–H groups in total. The molecule has 1 aromatic carbocycles. The van der Waals surface area contributed by atoms with Crippen LogP contribution in [0.3, 0.4) is 0 Å². The van der Waals surface area contributed by atoms with Gasteiger partial charge < -0.3 is 15.8 Å². The summed E-state index contributed by atoms with van der Waals surface area (Å²) < 4.78 is 6.06. The van der Waals surface area contributed by atoms with E-state index in [1.165, 1.54) is 5.06 Å². The van der Waals surface area contributed by atoms with Crippen LogP contribution in [0, 0.1) is 0 Å². The van der Waals surface area contributed by atoms with Gasteiger partial charge in [-0.2, -0.15) is 0 Å². The lowest BCUT2D eigenvalue weighted by Crippen LogP contribution is -2.38. The molecule has 1 aliphatic rings. The number of carbonyl (C=O) groups is 2. The summed E-state index contributed by atoms with van der Waals surface area (Å²) in [5, 5.41) is 3.91. The van der Waals surface area contributed by atoms with Crippen molar-refractivity contribution >= 4 is 45.5 Å². The minimum Gasteiger partial charge on any atom is -0.444 e. The number of nitrogens with one attached hydrogen (secondary N) is 1. The molecular weight excluding hydrogens is 452 g/mol. The fourth-order valence-electron chi connectivity index (χ4n) is 2.71. The Hall–Kier alpha value is -2.39. The first kappa shape index (κ1) is 23.9. The topological polar surface area (TPSA) is 106 Å². The summed E-state index contributed by atoms with van der Waals surface area (Å²) in [5.74, 6) is 0.0810. The van der Waals surface area contributed by atoms with Crippen molar-refractivity contribution in [1.82, 2.24) is 10.4 Å². The summed E-state index contributed by atoms with van der Waals surface area (Å²) in [7, 11) is 0. The van der Waals surface area contributed by atoms with Gasteiger partial charge in [-0.3, -0.25) is 9.63 Å². The fraction of sp³-hybridized carbons (Fsp3) is 0.476. The molecule has 2 amide bonds. The number of fused-ring (bicyclic) bond motifs is 1. The lowest BCUT2D eigenvalue weighted by Gasteiger charge is -2.23. The summed E-state index contributed by atoms with van der Waals surface area (Å²) in [5.41, 5.74) is 7.46. The molecule has 30 heavy (non-hydrogen) atoms. The molecule has 0 radical (unpaired) electrons. The molecule has 1 aliphatic heterocycles. The molecule has 9 heteroatoms. The second-order valence-electron chi connectivity index (χ2n) is 7.82. The van der Waals surface area contributed by atoms with Crippen molar-refractivity contribution in [2.45, 2.75) is 46.1 Å². The average molecular weight is 481 g/mol. The van der Waals surface area contributed by atoms with Crippen molar-refractivity contribution < 1.29 is 19.2 Å². The molecule has 0 atom stereocenters. The van der Waals surface area contributed by atoms with Crippen molar-refractivity contribution in [3.63, 3.8) is 0 Å². The molecule has 0 fully saturated rings. The molecule has 2 rings (SSSR count). The summed E-state index contributed by atoms with van der Waals surface area (Å²) in [6.07, 6.45) is 2.20. The molecule has 0 saturated carbocycles. The molecule has 0 aromatic heterocycles. The Morgan fingerprint density at radius 3 is 2.73 bits per heavy atom. The van der Waals surface area contributed by atoms with Gasteiger partial charge in [0.05, 0.1) is 12.3 Å². The predicted octanol–water partition coefficient (Wildman–Crippen LogP) is 3.92. The number of carbonyl (C=O) groups excluding carboxylic acids is 2. The van der Waals surface area contributed by atoms with Gasteiger partial charge in [0.1, 0.15) is 11.4 Å². The van der Waals surface area contributed by atoms with Crippen molar-refractivity contribution in [2.24, 2.45) is 10.7 Å². The highest BCUT2D eigenvalue weighted by molar-refractivity contribution is 9.10. The SMILES string of the molecule is CCCN(OCCNC(=O)OC(C)(C)C)C(=O)C1=Cc2ccc(Br)cc2N=C(N)C1. The number of amidine groups is 1. The first-order valence-electron chi connectivity index (χ1n) is 9.84. The van der Waals surface area contributed by atoms with Gasteiger partial charge in [0.2, 0.25) is 0 Å². The van der Waals surface area contributed by atoms with E-state index < -0.39 is 11.7 Å². The molecule has 0 aliphatic carbocycles. The molecule has 0 unspecified atom stereocenters. The number of halogens is 1. The zero-order valence-corrected chi connectivity index (χ0v) is 19.4.